The van der Waals surface area contributed by atoms with Crippen molar-refractivity contribution < 1.29 is 0 Å². The van der Waals surface area contributed by atoms with E-state index in [2.05, 4.69) is 40.0 Å². The zero-order chi connectivity index (χ0) is 13.5. The third-order valence-electron chi connectivity index (χ3n) is 4.85. The van der Waals surface area contributed by atoms with Gasteiger partial charge in [0.15, 0.2) is 0 Å². The number of rotatable bonds is 2. The number of para-hydroxylation sites is 1. The molecule has 0 radical (unpaired) electrons. The van der Waals surface area contributed by atoms with Gasteiger partial charge in [0.05, 0.1) is 18.2 Å². The Hall–Kier alpha value is -1.77. The van der Waals surface area contributed by atoms with Crippen LogP contribution in [-0.4, -0.2) is 16.1 Å². The summed E-state index contributed by atoms with van der Waals surface area (Å²) >= 11 is 0. The minimum Gasteiger partial charge on any atom is -0.384 e. The smallest absolute Gasteiger partial charge is 0.0953 e. The minimum atomic E-state index is 0.625. The molecule has 2 aliphatic rings. The van der Waals surface area contributed by atoms with Crippen LogP contribution in [0.3, 0.4) is 0 Å². The predicted octanol–water partition coefficient (Wildman–Crippen LogP) is 3.88. The molecule has 1 aliphatic heterocycles. The Bertz CT molecular complexity index is 629. The number of imidazole rings is 1. The van der Waals surface area contributed by atoms with Crippen molar-refractivity contribution in [3.05, 3.63) is 36.3 Å². The van der Waals surface area contributed by atoms with Crippen molar-refractivity contribution in [3.8, 4) is 11.3 Å². The monoisotopic (exact) mass is 267 g/mol. The maximum absolute atomic E-state index is 4.43. The first kappa shape index (κ1) is 12.0. The van der Waals surface area contributed by atoms with Crippen molar-refractivity contribution in [1.82, 2.24) is 9.55 Å². The Labute approximate surface area is 120 Å². The SMILES string of the molecule is CC1CCC(n2cncc2-c2cccc3c2NCC3)C1. The van der Waals surface area contributed by atoms with Crippen molar-refractivity contribution in [2.75, 3.05) is 11.9 Å². The van der Waals surface area contributed by atoms with E-state index in [1.807, 2.05) is 12.5 Å². The second kappa shape index (κ2) is 4.65. The highest BCUT2D eigenvalue weighted by Gasteiger charge is 2.25. The van der Waals surface area contributed by atoms with Crippen LogP contribution in [0.2, 0.25) is 0 Å². The average molecular weight is 267 g/mol. The number of nitrogens with zero attached hydrogens (tertiary/aromatic N) is 2. The molecule has 1 N–H and O–H groups in total. The van der Waals surface area contributed by atoms with Crippen LogP contribution >= 0.6 is 0 Å². The van der Waals surface area contributed by atoms with Crippen molar-refractivity contribution >= 4 is 5.69 Å². The summed E-state index contributed by atoms with van der Waals surface area (Å²) in [6.45, 7) is 3.42. The molecular formula is C17H21N3. The molecule has 1 aromatic heterocycles. The quantitative estimate of drug-likeness (QED) is 0.895. The molecule has 2 atom stereocenters. The Kier molecular flexibility index (Phi) is 2.79. The largest absolute Gasteiger partial charge is 0.384 e. The zero-order valence-electron chi connectivity index (χ0n) is 12.0. The third-order valence-corrected chi connectivity index (χ3v) is 4.85. The van der Waals surface area contributed by atoms with E-state index in [-0.39, 0.29) is 0 Å². The molecule has 1 saturated carbocycles. The molecule has 0 saturated heterocycles. The lowest BCUT2D eigenvalue weighted by Gasteiger charge is -2.17. The molecule has 4 rings (SSSR count). The number of hydrogen-bond donors (Lipinski definition) is 1. The highest BCUT2D eigenvalue weighted by Crippen LogP contribution is 2.39. The normalized spacial score (nSPS) is 24.6. The van der Waals surface area contributed by atoms with Crippen LogP contribution < -0.4 is 5.32 Å². The van der Waals surface area contributed by atoms with E-state index in [9.17, 15) is 0 Å². The van der Waals surface area contributed by atoms with Crippen LogP contribution in [0.15, 0.2) is 30.7 Å². The van der Waals surface area contributed by atoms with Gasteiger partial charge in [0.25, 0.3) is 0 Å². The maximum Gasteiger partial charge on any atom is 0.0953 e. The second-order valence-electron chi connectivity index (χ2n) is 6.27. The van der Waals surface area contributed by atoms with Gasteiger partial charge in [0, 0.05) is 23.8 Å². The molecule has 104 valence electrons. The number of hydrogen-bond acceptors (Lipinski definition) is 2. The molecule has 3 nitrogen and oxygen atoms in total. The van der Waals surface area contributed by atoms with E-state index in [1.165, 1.54) is 41.8 Å². The summed E-state index contributed by atoms with van der Waals surface area (Å²) in [6, 6.07) is 7.26. The number of anilines is 1. The molecular weight excluding hydrogens is 246 g/mol. The van der Waals surface area contributed by atoms with Gasteiger partial charge >= 0.3 is 0 Å². The van der Waals surface area contributed by atoms with Crippen molar-refractivity contribution in [1.29, 1.82) is 0 Å². The summed E-state index contributed by atoms with van der Waals surface area (Å²) in [7, 11) is 0. The van der Waals surface area contributed by atoms with Crippen LogP contribution in [0.1, 0.15) is 37.8 Å². The third kappa shape index (κ3) is 1.84. The highest BCUT2D eigenvalue weighted by atomic mass is 15.1. The second-order valence-corrected chi connectivity index (χ2v) is 6.27. The molecule has 1 fully saturated rings. The van der Waals surface area contributed by atoms with Gasteiger partial charge in [0.1, 0.15) is 0 Å². The summed E-state index contributed by atoms with van der Waals surface area (Å²) < 4.78 is 2.40. The van der Waals surface area contributed by atoms with E-state index in [0.29, 0.717) is 6.04 Å². The number of fused-ring (bicyclic) bond motifs is 1. The highest BCUT2D eigenvalue weighted by molar-refractivity contribution is 5.79. The van der Waals surface area contributed by atoms with Gasteiger partial charge in [-0.15, -0.1) is 0 Å². The lowest BCUT2D eigenvalue weighted by Crippen LogP contribution is -2.06. The van der Waals surface area contributed by atoms with Crippen molar-refractivity contribution in [2.24, 2.45) is 5.92 Å². The molecule has 2 aromatic rings. The van der Waals surface area contributed by atoms with E-state index in [1.54, 1.807) is 0 Å². The number of benzene rings is 1. The Morgan fingerprint density at radius 1 is 1.30 bits per heavy atom. The first-order valence-corrected chi connectivity index (χ1v) is 7.71. The topological polar surface area (TPSA) is 29.9 Å². The Morgan fingerprint density at radius 3 is 3.10 bits per heavy atom. The first-order chi connectivity index (χ1) is 9.83. The molecule has 0 spiro atoms. The van der Waals surface area contributed by atoms with E-state index >= 15 is 0 Å². The fraction of sp³-hybridized carbons (Fsp3) is 0.471. The van der Waals surface area contributed by atoms with E-state index in [4.69, 9.17) is 0 Å². The van der Waals surface area contributed by atoms with Gasteiger partial charge < -0.3 is 9.88 Å². The molecule has 2 unspecified atom stereocenters. The molecule has 0 amide bonds. The van der Waals surface area contributed by atoms with Crippen molar-refractivity contribution in [3.63, 3.8) is 0 Å². The summed E-state index contributed by atoms with van der Waals surface area (Å²) in [5.74, 6) is 0.842. The molecule has 20 heavy (non-hydrogen) atoms. The van der Waals surface area contributed by atoms with Crippen LogP contribution in [0.25, 0.3) is 11.3 Å². The van der Waals surface area contributed by atoms with Gasteiger partial charge in [-0.1, -0.05) is 25.1 Å². The van der Waals surface area contributed by atoms with Gasteiger partial charge in [-0.25, -0.2) is 4.98 Å². The van der Waals surface area contributed by atoms with Gasteiger partial charge in [0.2, 0.25) is 0 Å². The summed E-state index contributed by atoms with van der Waals surface area (Å²) in [5.41, 5.74) is 5.35. The first-order valence-electron chi connectivity index (χ1n) is 7.71. The maximum atomic E-state index is 4.43. The summed E-state index contributed by atoms with van der Waals surface area (Å²) in [5, 5.41) is 3.54. The van der Waals surface area contributed by atoms with Gasteiger partial charge in [-0.2, -0.15) is 0 Å². The number of aromatic nitrogens is 2. The standard InChI is InChI=1S/C17H21N3/c1-12-5-6-14(9-12)20-11-18-10-16(20)15-4-2-3-13-7-8-19-17(13)15/h2-4,10-12,14,19H,5-9H2,1H3. The summed E-state index contributed by atoms with van der Waals surface area (Å²) in [6.07, 6.45) is 9.09. The molecule has 0 bridgehead atoms. The van der Waals surface area contributed by atoms with Gasteiger partial charge in [-0.3, -0.25) is 0 Å². The van der Waals surface area contributed by atoms with E-state index in [0.717, 1.165) is 18.9 Å². The molecule has 2 heterocycles. The van der Waals surface area contributed by atoms with Crippen LogP contribution in [0.4, 0.5) is 5.69 Å². The Morgan fingerprint density at radius 2 is 2.25 bits per heavy atom. The van der Waals surface area contributed by atoms with Crippen LogP contribution in [0.5, 0.6) is 0 Å². The average Bonchev–Trinajstić information content (AvgIpc) is 3.17. The molecule has 1 aliphatic carbocycles. The fourth-order valence-electron chi connectivity index (χ4n) is 3.79. The summed E-state index contributed by atoms with van der Waals surface area (Å²) in [4.78, 5) is 4.43. The minimum absolute atomic E-state index is 0.625. The van der Waals surface area contributed by atoms with Crippen LogP contribution in [0, 0.1) is 5.92 Å². The molecule has 1 aromatic carbocycles. The lowest BCUT2D eigenvalue weighted by atomic mass is 10.0. The number of nitrogens with one attached hydrogen (secondary N) is 1. The molecule has 3 heteroatoms. The zero-order valence-corrected chi connectivity index (χ0v) is 12.0. The Balaban J connectivity index is 1.77. The van der Waals surface area contributed by atoms with Crippen molar-refractivity contribution in [2.45, 2.75) is 38.6 Å². The fourth-order valence-corrected chi connectivity index (χ4v) is 3.79. The lowest BCUT2D eigenvalue weighted by molar-refractivity contribution is 0.497. The van der Waals surface area contributed by atoms with Gasteiger partial charge in [-0.05, 0) is 37.2 Å². The predicted molar refractivity (Wildman–Crippen MR) is 81.9 cm³/mol. The van der Waals surface area contributed by atoms with Crippen LogP contribution in [-0.2, 0) is 6.42 Å². The van der Waals surface area contributed by atoms with E-state index < -0.39 is 0 Å².